The van der Waals surface area contributed by atoms with Crippen molar-refractivity contribution in [1.29, 1.82) is 0 Å². The highest BCUT2D eigenvalue weighted by Gasteiger charge is 2.31. The number of hydrogen-bond donors (Lipinski definition) is 1. The molecule has 1 amide bonds. The van der Waals surface area contributed by atoms with Crippen LogP contribution in [0.25, 0.3) is 0 Å². The Hall–Kier alpha value is -1.91. The molecule has 1 aromatic rings. The van der Waals surface area contributed by atoms with E-state index >= 15 is 0 Å². The Morgan fingerprint density at radius 2 is 1.76 bits per heavy atom. The Morgan fingerprint density at radius 3 is 2.36 bits per heavy atom. The molecule has 0 bridgehead atoms. The van der Waals surface area contributed by atoms with Gasteiger partial charge in [-0.2, -0.15) is 0 Å². The first-order chi connectivity index (χ1) is 12.0. The van der Waals surface area contributed by atoms with E-state index in [2.05, 4.69) is 19.2 Å². The van der Waals surface area contributed by atoms with Gasteiger partial charge < -0.3 is 19.7 Å². The Kier molecular flexibility index (Phi) is 6.97. The molecule has 1 heterocycles. The number of piperidine rings is 1. The van der Waals surface area contributed by atoms with Crippen molar-refractivity contribution in [2.24, 2.45) is 0 Å². The van der Waals surface area contributed by atoms with Gasteiger partial charge in [0.2, 0.25) is 5.91 Å². The molecular weight excluding hydrogens is 316 g/mol. The molecule has 2 rings (SSSR count). The maximum atomic E-state index is 12.9. The quantitative estimate of drug-likeness (QED) is 0.807. The van der Waals surface area contributed by atoms with E-state index in [-0.39, 0.29) is 11.9 Å². The number of carbonyl (C=O) groups excluding carboxylic acids is 1. The summed E-state index contributed by atoms with van der Waals surface area (Å²) in [6.07, 6.45) is 3.37. The summed E-state index contributed by atoms with van der Waals surface area (Å²) in [6.45, 7) is 11.3. The van der Waals surface area contributed by atoms with Crippen LogP contribution in [0.2, 0.25) is 0 Å². The zero-order chi connectivity index (χ0) is 18.4. The van der Waals surface area contributed by atoms with Crippen molar-refractivity contribution >= 4 is 11.6 Å². The van der Waals surface area contributed by atoms with Crippen molar-refractivity contribution in [3.8, 4) is 11.5 Å². The number of hydrogen-bond acceptors (Lipinski definition) is 4. The molecule has 3 unspecified atom stereocenters. The SMILES string of the molecule is CCOc1ccc(NC(C)C(=O)N2C(C)CCCC2C)cc1OCC. The molecule has 140 valence electrons. The molecule has 0 aliphatic carbocycles. The summed E-state index contributed by atoms with van der Waals surface area (Å²) in [6, 6.07) is 6.05. The largest absolute Gasteiger partial charge is 0.490 e. The number of nitrogens with zero attached hydrogens (tertiary/aromatic N) is 1. The molecule has 5 heteroatoms. The third-order valence-corrected chi connectivity index (χ3v) is 4.75. The summed E-state index contributed by atoms with van der Waals surface area (Å²) < 4.78 is 11.3. The maximum Gasteiger partial charge on any atom is 0.245 e. The Bertz CT molecular complexity index is 566. The van der Waals surface area contributed by atoms with Crippen LogP contribution in [0.15, 0.2) is 18.2 Å². The molecule has 1 fully saturated rings. The fraction of sp³-hybridized carbons (Fsp3) is 0.650. The van der Waals surface area contributed by atoms with E-state index in [9.17, 15) is 4.79 Å². The molecule has 25 heavy (non-hydrogen) atoms. The minimum atomic E-state index is -0.282. The number of nitrogens with one attached hydrogen (secondary N) is 1. The van der Waals surface area contributed by atoms with Crippen LogP contribution in [-0.4, -0.2) is 42.1 Å². The lowest BCUT2D eigenvalue weighted by atomic mass is 9.96. The Balaban J connectivity index is 2.09. The van der Waals surface area contributed by atoms with Crippen molar-refractivity contribution in [3.05, 3.63) is 18.2 Å². The van der Waals surface area contributed by atoms with E-state index < -0.39 is 0 Å². The lowest BCUT2D eigenvalue weighted by Crippen LogP contribution is -2.52. The first-order valence-electron chi connectivity index (χ1n) is 9.46. The summed E-state index contributed by atoms with van der Waals surface area (Å²) in [4.78, 5) is 15.0. The van der Waals surface area contributed by atoms with Gasteiger partial charge in [-0.25, -0.2) is 0 Å². The molecule has 1 saturated heterocycles. The molecule has 1 aliphatic heterocycles. The second-order valence-corrected chi connectivity index (χ2v) is 6.77. The molecule has 3 atom stereocenters. The maximum absolute atomic E-state index is 12.9. The van der Waals surface area contributed by atoms with Crippen molar-refractivity contribution in [1.82, 2.24) is 4.90 Å². The van der Waals surface area contributed by atoms with Crippen LogP contribution in [0.5, 0.6) is 11.5 Å². The molecule has 0 saturated carbocycles. The summed E-state index contributed by atoms with van der Waals surface area (Å²) >= 11 is 0. The number of benzene rings is 1. The highest BCUT2D eigenvalue weighted by atomic mass is 16.5. The smallest absolute Gasteiger partial charge is 0.245 e. The van der Waals surface area contributed by atoms with Gasteiger partial charge in [0.1, 0.15) is 6.04 Å². The molecule has 0 radical (unpaired) electrons. The number of rotatable bonds is 7. The molecule has 5 nitrogen and oxygen atoms in total. The predicted molar refractivity (Wildman–Crippen MR) is 101 cm³/mol. The van der Waals surface area contributed by atoms with Gasteiger partial charge in [-0.1, -0.05) is 0 Å². The zero-order valence-corrected chi connectivity index (χ0v) is 16.2. The van der Waals surface area contributed by atoms with Gasteiger partial charge in [0.15, 0.2) is 11.5 Å². The van der Waals surface area contributed by atoms with Crippen molar-refractivity contribution < 1.29 is 14.3 Å². The van der Waals surface area contributed by atoms with Crippen LogP contribution in [-0.2, 0) is 4.79 Å². The van der Waals surface area contributed by atoms with Crippen LogP contribution in [0.3, 0.4) is 0 Å². The summed E-state index contributed by atoms with van der Waals surface area (Å²) in [5, 5.41) is 3.32. The lowest BCUT2D eigenvalue weighted by molar-refractivity contribution is -0.137. The standard InChI is InChI=1S/C20H32N2O3/c1-6-24-18-12-11-17(13-19(18)25-7-2)21-16(5)20(23)22-14(3)9-8-10-15(22)4/h11-16,21H,6-10H2,1-5H3. The molecule has 0 aromatic heterocycles. The number of likely N-dealkylation sites (tertiary alicyclic amines) is 1. The molecule has 1 aliphatic rings. The molecule has 1 aromatic carbocycles. The fourth-order valence-corrected chi connectivity index (χ4v) is 3.53. The Labute approximate surface area is 151 Å². The highest BCUT2D eigenvalue weighted by Crippen LogP contribution is 2.31. The number of ether oxygens (including phenoxy) is 2. The molecular formula is C20H32N2O3. The lowest BCUT2D eigenvalue weighted by Gasteiger charge is -2.40. The fourth-order valence-electron chi connectivity index (χ4n) is 3.53. The summed E-state index contributed by atoms with van der Waals surface area (Å²) in [7, 11) is 0. The van der Waals surface area contributed by atoms with E-state index in [0.717, 1.165) is 24.3 Å². The van der Waals surface area contributed by atoms with Gasteiger partial charge >= 0.3 is 0 Å². The van der Waals surface area contributed by atoms with Crippen LogP contribution in [0.1, 0.15) is 53.9 Å². The van der Waals surface area contributed by atoms with E-state index in [1.54, 1.807) is 0 Å². The third-order valence-electron chi connectivity index (χ3n) is 4.75. The average Bonchev–Trinajstić information content (AvgIpc) is 2.57. The number of anilines is 1. The van der Waals surface area contributed by atoms with Crippen LogP contribution in [0, 0.1) is 0 Å². The van der Waals surface area contributed by atoms with Crippen LogP contribution in [0.4, 0.5) is 5.69 Å². The van der Waals surface area contributed by atoms with Gasteiger partial charge in [0, 0.05) is 23.8 Å². The van der Waals surface area contributed by atoms with Gasteiger partial charge in [-0.3, -0.25) is 4.79 Å². The van der Waals surface area contributed by atoms with E-state index in [1.807, 2.05) is 43.9 Å². The normalized spacial score (nSPS) is 21.6. The second-order valence-electron chi connectivity index (χ2n) is 6.77. The van der Waals surface area contributed by atoms with Crippen molar-refractivity contribution in [2.45, 2.75) is 72.0 Å². The van der Waals surface area contributed by atoms with Gasteiger partial charge in [0.25, 0.3) is 0 Å². The van der Waals surface area contributed by atoms with Gasteiger partial charge in [0.05, 0.1) is 13.2 Å². The summed E-state index contributed by atoms with van der Waals surface area (Å²) in [5.74, 6) is 1.59. The topological polar surface area (TPSA) is 50.8 Å². The highest BCUT2D eigenvalue weighted by molar-refractivity contribution is 5.85. The minimum absolute atomic E-state index is 0.159. The average molecular weight is 348 g/mol. The van der Waals surface area contributed by atoms with E-state index in [4.69, 9.17) is 9.47 Å². The van der Waals surface area contributed by atoms with Gasteiger partial charge in [-0.15, -0.1) is 0 Å². The monoisotopic (exact) mass is 348 g/mol. The van der Waals surface area contributed by atoms with Crippen molar-refractivity contribution in [3.63, 3.8) is 0 Å². The first kappa shape index (κ1) is 19.4. The van der Waals surface area contributed by atoms with E-state index in [1.165, 1.54) is 6.42 Å². The summed E-state index contributed by atoms with van der Waals surface area (Å²) in [5.41, 5.74) is 0.866. The predicted octanol–water partition coefficient (Wildman–Crippen LogP) is 4.07. The van der Waals surface area contributed by atoms with Gasteiger partial charge in [-0.05, 0) is 66.0 Å². The molecule has 1 N–H and O–H groups in total. The van der Waals surface area contributed by atoms with E-state index in [0.29, 0.717) is 31.0 Å². The van der Waals surface area contributed by atoms with Crippen LogP contribution < -0.4 is 14.8 Å². The molecule has 0 spiro atoms. The van der Waals surface area contributed by atoms with Crippen molar-refractivity contribution in [2.75, 3.05) is 18.5 Å². The zero-order valence-electron chi connectivity index (χ0n) is 16.2. The second kappa shape index (κ2) is 8.97. The van der Waals surface area contributed by atoms with Crippen LogP contribution >= 0.6 is 0 Å². The third kappa shape index (κ3) is 4.80. The Morgan fingerprint density at radius 1 is 1.16 bits per heavy atom. The number of amides is 1. The first-order valence-corrected chi connectivity index (χ1v) is 9.46. The number of carbonyl (C=O) groups is 1. The minimum Gasteiger partial charge on any atom is -0.490 e.